The van der Waals surface area contributed by atoms with Crippen LogP contribution < -0.4 is 10.3 Å². The van der Waals surface area contributed by atoms with Crippen LogP contribution in [0.4, 0.5) is 10.8 Å². The van der Waals surface area contributed by atoms with Gasteiger partial charge in [0.2, 0.25) is 5.13 Å². The molecule has 1 saturated heterocycles. The number of nitrogens with zero attached hydrogens (tertiary/aromatic N) is 4. The Morgan fingerprint density at radius 1 is 1.30 bits per heavy atom. The van der Waals surface area contributed by atoms with Gasteiger partial charge in [-0.3, -0.25) is 5.43 Å². The summed E-state index contributed by atoms with van der Waals surface area (Å²) in [5.41, 5.74) is 6.00. The Labute approximate surface area is 145 Å². The predicted molar refractivity (Wildman–Crippen MR) is 101 cm³/mol. The number of anilines is 2. The Hall–Kier alpha value is -1.37. The van der Waals surface area contributed by atoms with E-state index in [1.807, 2.05) is 19.9 Å². The molecule has 0 atom stereocenters. The minimum atomic E-state index is 0.773. The van der Waals surface area contributed by atoms with Gasteiger partial charge < -0.3 is 9.80 Å². The number of hydrazone groups is 1. The summed E-state index contributed by atoms with van der Waals surface area (Å²) in [6.07, 6.45) is 0. The molecule has 7 heteroatoms. The van der Waals surface area contributed by atoms with Crippen molar-refractivity contribution in [2.45, 2.75) is 20.8 Å². The fourth-order valence-corrected chi connectivity index (χ4v) is 3.79. The number of thiazole rings is 1. The molecule has 124 valence electrons. The van der Waals surface area contributed by atoms with Gasteiger partial charge in [0.15, 0.2) is 0 Å². The van der Waals surface area contributed by atoms with E-state index < -0.39 is 0 Å². The van der Waals surface area contributed by atoms with E-state index in [1.165, 1.54) is 0 Å². The van der Waals surface area contributed by atoms with Gasteiger partial charge in [-0.05, 0) is 32.5 Å². The number of hydrogen-bond acceptors (Lipinski definition) is 6. The van der Waals surface area contributed by atoms with Gasteiger partial charge in [0, 0.05) is 31.9 Å². The average Bonchev–Trinajstić information content (AvgIpc) is 2.94. The molecule has 0 saturated carbocycles. The number of halogens is 1. The minimum Gasteiger partial charge on any atom is -0.368 e. The van der Waals surface area contributed by atoms with Crippen LogP contribution in [0.3, 0.4) is 0 Å². The lowest BCUT2D eigenvalue weighted by Crippen LogP contribution is -2.46. The molecule has 0 spiro atoms. The summed E-state index contributed by atoms with van der Waals surface area (Å²) in [7, 11) is 0. The number of benzene rings is 1. The van der Waals surface area contributed by atoms with E-state index in [0.717, 1.165) is 64.5 Å². The molecular weight excluding hydrogens is 330 g/mol. The van der Waals surface area contributed by atoms with Crippen molar-refractivity contribution < 1.29 is 0 Å². The molecule has 2 heterocycles. The molecule has 0 aliphatic carbocycles. The fourth-order valence-electron chi connectivity index (χ4n) is 2.69. The number of aromatic nitrogens is 1. The highest BCUT2D eigenvalue weighted by Gasteiger charge is 2.19. The molecule has 0 bridgehead atoms. The van der Waals surface area contributed by atoms with E-state index in [4.69, 9.17) is 11.6 Å². The monoisotopic (exact) mass is 351 g/mol. The zero-order valence-electron chi connectivity index (χ0n) is 13.8. The highest BCUT2D eigenvalue weighted by molar-refractivity contribution is 7.22. The minimum absolute atomic E-state index is 0.773. The molecule has 23 heavy (non-hydrogen) atoms. The Balaban J connectivity index is 1.84. The molecule has 0 radical (unpaired) electrons. The molecule has 1 aromatic heterocycles. The van der Waals surface area contributed by atoms with Crippen molar-refractivity contribution >= 4 is 49.7 Å². The Kier molecular flexibility index (Phi) is 5.04. The normalized spacial score (nSPS) is 15.9. The smallest absolute Gasteiger partial charge is 0.204 e. The van der Waals surface area contributed by atoms with E-state index in [9.17, 15) is 0 Å². The molecule has 5 nitrogen and oxygen atoms in total. The third-order valence-corrected chi connectivity index (χ3v) is 5.22. The van der Waals surface area contributed by atoms with Crippen molar-refractivity contribution in [3.05, 3.63) is 17.2 Å². The maximum atomic E-state index is 6.50. The zero-order valence-corrected chi connectivity index (χ0v) is 15.3. The number of fused-ring (bicyclic) bond motifs is 1. The van der Waals surface area contributed by atoms with Crippen LogP contribution in [0.15, 0.2) is 17.2 Å². The topological polar surface area (TPSA) is 43.8 Å². The molecule has 1 aliphatic heterocycles. The summed E-state index contributed by atoms with van der Waals surface area (Å²) in [6, 6.07) is 4.12. The van der Waals surface area contributed by atoms with Crippen molar-refractivity contribution in [3.63, 3.8) is 0 Å². The highest BCUT2D eigenvalue weighted by Crippen LogP contribution is 2.35. The largest absolute Gasteiger partial charge is 0.368 e. The first-order chi connectivity index (χ1) is 11.1. The maximum absolute atomic E-state index is 6.50. The van der Waals surface area contributed by atoms with Crippen LogP contribution in [0, 0.1) is 0 Å². The van der Waals surface area contributed by atoms with Crippen LogP contribution in [0.2, 0.25) is 5.02 Å². The van der Waals surface area contributed by atoms with Crippen molar-refractivity contribution in [1.29, 1.82) is 0 Å². The predicted octanol–water partition coefficient (Wildman–Crippen LogP) is 3.90. The van der Waals surface area contributed by atoms with Crippen LogP contribution >= 0.6 is 22.9 Å². The van der Waals surface area contributed by atoms with Crippen molar-refractivity contribution in [3.8, 4) is 0 Å². The van der Waals surface area contributed by atoms with Gasteiger partial charge in [-0.25, -0.2) is 4.98 Å². The highest BCUT2D eigenvalue weighted by atomic mass is 35.5. The summed E-state index contributed by atoms with van der Waals surface area (Å²) in [5, 5.41) is 5.78. The lowest BCUT2D eigenvalue weighted by atomic mass is 10.2. The molecule has 1 aromatic carbocycles. The molecule has 1 fully saturated rings. The van der Waals surface area contributed by atoms with E-state index in [0.29, 0.717) is 0 Å². The van der Waals surface area contributed by atoms with Crippen LogP contribution in [-0.2, 0) is 0 Å². The number of likely N-dealkylation sites (N-methyl/N-ethyl adjacent to an activating group) is 1. The van der Waals surface area contributed by atoms with Crippen molar-refractivity contribution in [1.82, 2.24) is 9.88 Å². The van der Waals surface area contributed by atoms with Gasteiger partial charge >= 0.3 is 0 Å². The number of piperazine rings is 1. The Morgan fingerprint density at radius 2 is 2.04 bits per heavy atom. The van der Waals surface area contributed by atoms with Crippen LogP contribution in [0.1, 0.15) is 20.8 Å². The van der Waals surface area contributed by atoms with Gasteiger partial charge in [-0.15, -0.1) is 0 Å². The number of rotatable bonds is 4. The lowest BCUT2D eigenvalue weighted by molar-refractivity contribution is 0.271. The molecule has 1 aliphatic rings. The molecule has 1 N–H and O–H groups in total. The molecule has 0 amide bonds. The number of nitrogens with one attached hydrogen (secondary N) is 1. The first-order valence-electron chi connectivity index (χ1n) is 7.91. The van der Waals surface area contributed by atoms with E-state index in [1.54, 1.807) is 11.3 Å². The first kappa shape index (κ1) is 16.5. The average molecular weight is 352 g/mol. The van der Waals surface area contributed by atoms with Gasteiger partial charge in [0.1, 0.15) is 0 Å². The maximum Gasteiger partial charge on any atom is 0.204 e. The summed E-state index contributed by atoms with van der Waals surface area (Å²) < 4.78 is 1.13. The fraction of sp³-hybridized carbons (Fsp3) is 0.500. The molecule has 2 aromatic rings. The van der Waals surface area contributed by atoms with Crippen LogP contribution in [0.25, 0.3) is 10.2 Å². The quantitative estimate of drug-likeness (QED) is 0.670. The molecular formula is C16H22ClN5S. The summed E-state index contributed by atoms with van der Waals surface area (Å²) in [6.45, 7) is 11.4. The van der Waals surface area contributed by atoms with Crippen molar-refractivity contribution in [2.24, 2.45) is 5.10 Å². The van der Waals surface area contributed by atoms with Crippen LogP contribution in [0.5, 0.6) is 0 Å². The molecule has 3 rings (SSSR count). The van der Waals surface area contributed by atoms with E-state index in [-0.39, 0.29) is 0 Å². The second-order valence-corrected chi connectivity index (χ2v) is 7.32. The van der Waals surface area contributed by atoms with Crippen LogP contribution in [-0.4, -0.2) is 48.3 Å². The standard InChI is InChI=1S/C16H22ClN5S/c1-4-21-5-7-22(8-6-21)14-10-15-13(9-12(14)17)18-16(23-15)20-19-11(2)3/h9-10H,4-8H2,1-3H3,(H,18,20). The number of hydrogen-bond donors (Lipinski definition) is 1. The third-order valence-electron chi connectivity index (χ3n) is 3.99. The second-order valence-electron chi connectivity index (χ2n) is 5.88. The van der Waals surface area contributed by atoms with Gasteiger partial charge in [0.25, 0.3) is 0 Å². The van der Waals surface area contributed by atoms with Gasteiger partial charge in [0.05, 0.1) is 20.9 Å². The van der Waals surface area contributed by atoms with Gasteiger partial charge in [-0.2, -0.15) is 5.10 Å². The van der Waals surface area contributed by atoms with Crippen molar-refractivity contribution in [2.75, 3.05) is 43.0 Å². The third kappa shape index (κ3) is 3.76. The zero-order chi connectivity index (χ0) is 16.4. The first-order valence-corrected chi connectivity index (χ1v) is 9.10. The summed E-state index contributed by atoms with van der Waals surface area (Å²) >= 11 is 8.11. The SMILES string of the molecule is CCN1CCN(c2cc3sc(NN=C(C)C)nc3cc2Cl)CC1. The second kappa shape index (κ2) is 7.03. The summed E-state index contributed by atoms with van der Waals surface area (Å²) in [4.78, 5) is 9.38. The lowest BCUT2D eigenvalue weighted by Gasteiger charge is -2.35. The van der Waals surface area contributed by atoms with Gasteiger partial charge in [-0.1, -0.05) is 29.9 Å². The Bertz CT molecular complexity index is 715. The summed E-state index contributed by atoms with van der Waals surface area (Å²) in [5.74, 6) is 0. The Morgan fingerprint density at radius 3 is 2.70 bits per heavy atom. The van der Waals surface area contributed by atoms with E-state index in [2.05, 4.69) is 38.3 Å². The molecule has 0 unspecified atom stereocenters. The van der Waals surface area contributed by atoms with E-state index >= 15 is 0 Å².